The van der Waals surface area contributed by atoms with Crippen LogP contribution < -0.4 is 0 Å². The van der Waals surface area contributed by atoms with E-state index in [1.807, 2.05) is 0 Å². The third kappa shape index (κ3) is 1.64. The minimum Gasteiger partial charge on any atom is -0.381 e. The molecule has 2 unspecified atom stereocenters. The highest BCUT2D eigenvalue weighted by Gasteiger charge is 2.33. The smallest absolute Gasteiger partial charge is 0.0509 e. The molecule has 2 heteroatoms. The van der Waals surface area contributed by atoms with E-state index in [9.17, 15) is 0 Å². The molecule has 0 amide bonds. The molecule has 0 spiro atoms. The molecule has 1 heterocycles. The molecule has 0 aromatic carbocycles. The summed E-state index contributed by atoms with van der Waals surface area (Å²) < 4.78 is 5.40. The molecule has 2 rings (SSSR count). The second-order valence-corrected chi connectivity index (χ2v) is 4.26. The van der Waals surface area contributed by atoms with Gasteiger partial charge in [0, 0.05) is 18.7 Å². The molecule has 1 aliphatic heterocycles. The first kappa shape index (κ1) is 8.52. The van der Waals surface area contributed by atoms with E-state index in [2.05, 4.69) is 18.9 Å². The lowest BCUT2D eigenvalue weighted by Gasteiger charge is -2.28. The third-order valence-electron chi connectivity index (χ3n) is 3.41. The van der Waals surface area contributed by atoms with Crippen molar-refractivity contribution in [2.75, 3.05) is 20.3 Å². The van der Waals surface area contributed by atoms with Gasteiger partial charge in [0.05, 0.1) is 6.61 Å². The Morgan fingerprint density at radius 3 is 2.58 bits per heavy atom. The summed E-state index contributed by atoms with van der Waals surface area (Å²) in [5, 5.41) is 0. The molecule has 2 aliphatic rings. The highest BCUT2D eigenvalue weighted by Crippen LogP contribution is 2.30. The Kier molecular flexibility index (Phi) is 2.37. The predicted molar refractivity (Wildman–Crippen MR) is 49.2 cm³/mol. The Balaban J connectivity index is 1.84. The standard InChI is InChI=1S/C10H19NO/c1-8(9-5-6-12-7-9)11(2)10-3-4-10/h8-10H,3-7H2,1-2H3. The van der Waals surface area contributed by atoms with Crippen LogP contribution in [0.25, 0.3) is 0 Å². The number of hydrogen-bond donors (Lipinski definition) is 0. The number of hydrogen-bond acceptors (Lipinski definition) is 2. The Morgan fingerprint density at radius 2 is 2.08 bits per heavy atom. The first-order chi connectivity index (χ1) is 5.79. The molecule has 2 nitrogen and oxygen atoms in total. The molecule has 1 saturated carbocycles. The summed E-state index contributed by atoms with van der Waals surface area (Å²) in [4.78, 5) is 2.54. The van der Waals surface area contributed by atoms with E-state index in [4.69, 9.17) is 4.74 Å². The van der Waals surface area contributed by atoms with Crippen LogP contribution in [-0.2, 0) is 4.74 Å². The highest BCUT2D eigenvalue weighted by molar-refractivity contribution is 4.88. The Bertz CT molecular complexity index is 148. The van der Waals surface area contributed by atoms with Crippen LogP contribution in [0.2, 0.25) is 0 Å². The summed E-state index contributed by atoms with van der Waals surface area (Å²) in [6.45, 7) is 4.31. The van der Waals surface area contributed by atoms with Gasteiger partial charge in [-0.25, -0.2) is 0 Å². The van der Waals surface area contributed by atoms with Gasteiger partial charge in [0.1, 0.15) is 0 Å². The van der Waals surface area contributed by atoms with Crippen molar-refractivity contribution in [3.8, 4) is 0 Å². The van der Waals surface area contributed by atoms with Crippen molar-refractivity contribution in [3.05, 3.63) is 0 Å². The molecule has 70 valence electrons. The zero-order valence-corrected chi connectivity index (χ0v) is 8.12. The molecular formula is C10H19NO. The zero-order valence-electron chi connectivity index (χ0n) is 8.12. The lowest BCUT2D eigenvalue weighted by Crippen LogP contribution is -2.37. The van der Waals surface area contributed by atoms with Crippen molar-refractivity contribution in [2.24, 2.45) is 5.92 Å². The van der Waals surface area contributed by atoms with Crippen LogP contribution in [-0.4, -0.2) is 37.2 Å². The van der Waals surface area contributed by atoms with Crippen LogP contribution in [0.1, 0.15) is 26.2 Å². The first-order valence-electron chi connectivity index (χ1n) is 5.08. The lowest BCUT2D eigenvalue weighted by molar-refractivity contribution is 0.141. The Labute approximate surface area is 74.9 Å². The van der Waals surface area contributed by atoms with Gasteiger partial charge < -0.3 is 9.64 Å². The van der Waals surface area contributed by atoms with Crippen molar-refractivity contribution in [2.45, 2.75) is 38.3 Å². The highest BCUT2D eigenvalue weighted by atomic mass is 16.5. The van der Waals surface area contributed by atoms with E-state index in [0.717, 1.165) is 31.2 Å². The summed E-state index contributed by atoms with van der Waals surface area (Å²) in [6, 6.07) is 1.61. The van der Waals surface area contributed by atoms with Gasteiger partial charge in [-0.1, -0.05) is 0 Å². The fourth-order valence-electron chi connectivity index (χ4n) is 2.08. The number of rotatable bonds is 3. The van der Waals surface area contributed by atoms with Crippen LogP contribution in [0, 0.1) is 5.92 Å². The minimum absolute atomic E-state index is 0.722. The van der Waals surface area contributed by atoms with Gasteiger partial charge in [-0.15, -0.1) is 0 Å². The van der Waals surface area contributed by atoms with Crippen LogP contribution >= 0.6 is 0 Å². The van der Waals surface area contributed by atoms with Crippen molar-refractivity contribution >= 4 is 0 Å². The van der Waals surface area contributed by atoms with Gasteiger partial charge in [-0.05, 0) is 39.2 Å². The first-order valence-corrected chi connectivity index (χ1v) is 5.08. The maximum atomic E-state index is 5.40. The second-order valence-electron chi connectivity index (χ2n) is 4.26. The van der Waals surface area contributed by atoms with Gasteiger partial charge in [0.25, 0.3) is 0 Å². The molecule has 2 atom stereocenters. The average molecular weight is 169 g/mol. The third-order valence-corrected chi connectivity index (χ3v) is 3.41. The molecular weight excluding hydrogens is 150 g/mol. The molecule has 1 aliphatic carbocycles. The van der Waals surface area contributed by atoms with Gasteiger partial charge >= 0.3 is 0 Å². The average Bonchev–Trinajstić information content (AvgIpc) is 2.79. The Morgan fingerprint density at radius 1 is 1.33 bits per heavy atom. The molecule has 0 N–H and O–H groups in total. The van der Waals surface area contributed by atoms with Crippen molar-refractivity contribution < 1.29 is 4.74 Å². The summed E-state index contributed by atoms with van der Waals surface area (Å²) in [5.41, 5.74) is 0. The largest absolute Gasteiger partial charge is 0.381 e. The molecule has 12 heavy (non-hydrogen) atoms. The number of nitrogens with zero attached hydrogens (tertiary/aromatic N) is 1. The molecule has 0 aromatic rings. The quantitative estimate of drug-likeness (QED) is 0.635. The number of ether oxygens (including phenoxy) is 1. The predicted octanol–water partition coefficient (Wildman–Crippen LogP) is 1.51. The summed E-state index contributed by atoms with van der Waals surface area (Å²) in [5.74, 6) is 0.788. The van der Waals surface area contributed by atoms with Gasteiger partial charge in [0.15, 0.2) is 0 Å². The SMILES string of the molecule is CC(C1CCOC1)N(C)C1CC1. The second kappa shape index (κ2) is 3.35. The molecule has 0 radical (unpaired) electrons. The van der Waals surface area contributed by atoms with Crippen LogP contribution in [0.4, 0.5) is 0 Å². The normalized spacial score (nSPS) is 32.8. The topological polar surface area (TPSA) is 12.5 Å². The van der Waals surface area contributed by atoms with Crippen LogP contribution in [0.3, 0.4) is 0 Å². The maximum absolute atomic E-state index is 5.40. The van der Waals surface area contributed by atoms with Crippen molar-refractivity contribution in [1.29, 1.82) is 0 Å². The summed E-state index contributed by atoms with van der Waals surface area (Å²) in [7, 11) is 2.26. The van der Waals surface area contributed by atoms with Gasteiger partial charge in [-0.3, -0.25) is 0 Å². The van der Waals surface area contributed by atoms with E-state index < -0.39 is 0 Å². The van der Waals surface area contributed by atoms with Gasteiger partial charge in [0.2, 0.25) is 0 Å². The molecule has 1 saturated heterocycles. The molecule has 0 aromatic heterocycles. The summed E-state index contributed by atoms with van der Waals surface area (Å²) in [6.07, 6.45) is 4.08. The van der Waals surface area contributed by atoms with E-state index >= 15 is 0 Å². The fourth-order valence-corrected chi connectivity index (χ4v) is 2.08. The van der Waals surface area contributed by atoms with E-state index in [-0.39, 0.29) is 0 Å². The zero-order chi connectivity index (χ0) is 8.55. The monoisotopic (exact) mass is 169 g/mol. The Hall–Kier alpha value is -0.0800. The molecule has 0 bridgehead atoms. The van der Waals surface area contributed by atoms with E-state index in [1.54, 1.807) is 0 Å². The minimum atomic E-state index is 0.722. The van der Waals surface area contributed by atoms with E-state index in [0.29, 0.717) is 0 Å². The van der Waals surface area contributed by atoms with Crippen molar-refractivity contribution in [3.63, 3.8) is 0 Å². The lowest BCUT2D eigenvalue weighted by atomic mass is 9.99. The fraction of sp³-hybridized carbons (Fsp3) is 1.00. The van der Waals surface area contributed by atoms with Crippen LogP contribution in [0.5, 0.6) is 0 Å². The molecule has 2 fully saturated rings. The summed E-state index contributed by atoms with van der Waals surface area (Å²) >= 11 is 0. The maximum Gasteiger partial charge on any atom is 0.0509 e. The van der Waals surface area contributed by atoms with Crippen molar-refractivity contribution in [1.82, 2.24) is 4.90 Å². The van der Waals surface area contributed by atoms with E-state index in [1.165, 1.54) is 19.3 Å². The van der Waals surface area contributed by atoms with Gasteiger partial charge in [-0.2, -0.15) is 0 Å². The van der Waals surface area contributed by atoms with Crippen LogP contribution in [0.15, 0.2) is 0 Å².